The first kappa shape index (κ1) is 21.5. The van der Waals surface area contributed by atoms with Gasteiger partial charge in [-0.3, -0.25) is 0 Å². The summed E-state index contributed by atoms with van der Waals surface area (Å²) in [4.78, 5) is -2.01. The molecule has 1 aliphatic carbocycles. The number of benzene rings is 1. The third kappa shape index (κ3) is 5.61. The molecule has 0 spiro atoms. The van der Waals surface area contributed by atoms with Crippen molar-refractivity contribution in [1.82, 2.24) is 0 Å². The number of alkyl halides is 3. The van der Waals surface area contributed by atoms with Crippen LogP contribution in [-0.2, 0) is 9.67 Å². The first-order chi connectivity index (χ1) is 12.8. The molecule has 0 heterocycles. The molecule has 2 rings (SSSR count). The van der Waals surface area contributed by atoms with Crippen LogP contribution in [0.1, 0.15) is 5.56 Å². The molecule has 0 fully saturated rings. The van der Waals surface area contributed by atoms with Gasteiger partial charge in [-0.05, 0) is 0 Å². The van der Waals surface area contributed by atoms with Crippen LogP contribution in [0.25, 0.3) is 0 Å². The largest absolute Gasteiger partial charge is 0.619 e. The number of rotatable bonds is 8. The number of aliphatic hydroxyl groups excluding tert-OH is 1. The number of halogens is 3. The minimum atomic E-state index is -4.67. The van der Waals surface area contributed by atoms with Gasteiger partial charge in [0.15, 0.2) is 5.57 Å². The second kappa shape index (κ2) is 9.45. The Bertz CT molecular complexity index is 704. The van der Waals surface area contributed by atoms with Crippen molar-refractivity contribution >= 4 is 11.8 Å². The van der Waals surface area contributed by atoms with Crippen LogP contribution < -0.4 is 5.23 Å². The Morgan fingerprint density at radius 1 is 1.19 bits per heavy atom. The molecule has 0 aliphatic heterocycles. The summed E-state index contributed by atoms with van der Waals surface area (Å²) in [5.74, 6) is -0.0453. The Balaban J connectivity index is 2.67. The number of nitrogens with one attached hydrogen (secondary N) is 1. The fourth-order valence-corrected chi connectivity index (χ4v) is 3.74. The molecule has 1 unspecified atom stereocenters. The second-order valence-electron chi connectivity index (χ2n) is 5.49. The molecule has 1 aromatic carbocycles. The van der Waals surface area contributed by atoms with Crippen molar-refractivity contribution in [1.29, 1.82) is 0 Å². The highest BCUT2D eigenvalue weighted by Crippen LogP contribution is 2.45. The minimum absolute atomic E-state index is 0.0453. The summed E-state index contributed by atoms with van der Waals surface area (Å²) in [7, 11) is 0. The van der Waals surface area contributed by atoms with Gasteiger partial charge >= 0.3 is 6.18 Å². The van der Waals surface area contributed by atoms with Crippen molar-refractivity contribution in [3.8, 4) is 0 Å². The van der Waals surface area contributed by atoms with E-state index in [-0.39, 0.29) is 23.5 Å². The summed E-state index contributed by atoms with van der Waals surface area (Å²) >= 11 is 0.764. The Labute approximate surface area is 159 Å². The van der Waals surface area contributed by atoms with E-state index in [1.54, 1.807) is 36.4 Å². The number of hydrogen-bond donors (Lipinski definition) is 2. The maximum Gasteiger partial charge on any atom is 0.411 e. The molecule has 0 amide bonds. The summed E-state index contributed by atoms with van der Waals surface area (Å²) < 4.78 is 44.0. The molecular weight excluding hydrogens is 383 g/mol. The molecule has 0 aromatic heterocycles. The summed E-state index contributed by atoms with van der Waals surface area (Å²) in [5.41, 5.74) is -0.0817. The van der Waals surface area contributed by atoms with E-state index in [2.05, 4.69) is 0 Å². The van der Waals surface area contributed by atoms with Gasteiger partial charge in [0, 0.05) is 42.0 Å². The van der Waals surface area contributed by atoms with Crippen LogP contribution in [0.15, 0.2) is 65.9 Å². The predicted octanol–water partition coefficient (Wildman–Crippen LogP) is 2.61. The Hall–Kier alpha value is -1.75. The summed E-state index contributed by atoms with van der Waals surface area (Å²) in [6, 6.07) is 7.74. The van der Waals surface area contributed by atoms with E-state index in [1.807, 2.05) is 0 Å². The van der Waals surface area contributed by atoms with Crippen molar-refractivity contribution in [2.24, 2.45) is 0 Å². The van der Waals surface area contributed by atoms with E-state index < -0.39 is 28.6 Å². The zero-order valence-electron chi connectivity index (χ0n) is 14.1. The fraction of sp³-hybridized carbons (Fsp3) is 0.278. The van der Waals surface area contributed by atoms with Crippen molar-refractivity contribution in [2.75, 3.05) is 19.0 Å². The van der Waals surface area contributed by atoms with E-state index in [4.69, 9.17) is 4.74 Å². The Kier molecular flexibility index (Phi) is 7.54. The molecule has 5 nitrogen and oxygen atoms in total. The lowest BCUT2D eigenvalue weighted by atomic mass is 9.97. The van der Waals surface area contributed by atoms with Crippen LogP contribution in [0.3, 0.4) is 0 Å². The molecule has 146 valence electrons. The van der Waals surface area contributed by atoms with Crippen molar-refractivity contribution in [3.05, 3.63) is 88.3 Å². The summed E-state index contributed by atoms with van der Waals surface area (Å²) in [5, 5.41) is 31.6. The number of thioether (sulfide) groups is 1. The Morgan fingerprint density at radius 2 is 1.89 bits per heavy atom. The van der Waals surface area contributed by atoms with E-state index in [1.165, 1.54) is 24.6 Å². The number of ether oxygens (including phenoxy) is 1. The average molecular weight is 401 g/mol. The highest BCUT2D eigenvalue weighted by molar-refractivity contribution is 8.00. The molecule has 1 aliphatic rings. The SMILES string of the molecule is [O-][NH+]([O-])C(=C1C=CC=C[CH+]1)C(OCC(F)(F)F)(SCCO)c1ccccc1. The highest BCUT2D eigenvalue weighted by atomic mass is 32.2. The zero-order chi connectivity index (χ0) is 19.9. The van der Waals surface area contributed by atoms with Gasteiger partial charge in [0.2, 0.25) is 5.70 Å². The van der Waals surface area contributed by atoms with Crippen LogP contribution in [0.5, 0.6) is 0 Å². The smallest absolute Gasteiger partial charge is 0.411 e. The van der Waals surface area contributed by atoms with Gasteiger partial charge in [0.05, 0.1) is 6.61 Å². The molecule has 9 heteroatoms. The third-order valence-electron chi connectivity index (χ3n) is 3.59. The first-order valence-electron chi connectivity index (χ1n) is 7.95. The average Bonchev–Trinajstić information content (AvgIpc) is 2.64. The number of hydrogen-bond acceptors (Lipinski definition) is 5. The van der Waals surface area contributed by atoms with Gasteiger partial charge in [-0.2, -0.15) is 13.2 Å². The first-order valence-corrected chi connectivity index (χ1v) is 8.94. The van der Waals surface area contributed by atoms with Gasteiger partial charge in [0.25, 0.3) is 4.93 Å². The summed E-state index contributed by atoms with van der Waals surface area (Å²) in [6.45, 7) is -2.03. The van der Waals surface area contributed by atoms with E-state index in [9.17, 15) is 28.7 Å². The molecule has 1 atom stereocenters. The second-order valence-corrected chi connectivity index (χ2v) is 6.76. The topological polar surface area (TPSA) is 80.0 Å². The molecule has 2 N–H and O–H groups in total. The maximum atomic E-state index is 12.9. The number of aliphatic hydroxyl groups is 1. The molecule has 0 saturated heterocycles. The monoisotopic (exact) mass is 401 g/mol. The standard InChI is InChI=1S/C18H18F3NO4S/c19-17(20,21)13-26-18(27-12-11-23,15-9-5-2-6-10-15)16(22(24)25)14-7-3-1-4-8-14/h1-10,22-23H,11-13H2. The Morgan fingerprint density at radius 3 is 2.41 bits per heavy atom. The molecule has 1 aromatic rings. The lowest BCUT2D eigenvalue weighted by Crippen LogP contribution is -3.02. The number of quaternary nitrogens is 1. The van der Waals surface area contributed by atoms with Gasteiger partial charge in [0.1, 0.15) is 6.61 Å². The quantitative estimate of drug-likeness (QED) is 0.398. The normalized spacial score (nSPS) is 18.3. The van der Waals surface area contributed by atoms with E-state index >= 15 is 0 Å². The fourth-order valence-electron chi connectivity index (χ4n) is 2.57. The lowest BCUT2D eigenvalue weighted by molar-refractivity contribution is -0.755. The molecule has 0 saturated carbocycles. The zero-order valence-corrected chi connectivity index (χ0v) is 14.9. The molecule has 27 heavy (non-hydrogen) atoms. The van der Waals surface area contributed by atoms with Crippen LogP contribution in [0.2, 0.25) is 0 Å². The van der Waals surface area contributed by atoms with Crippen molar-refractivity contribution < 1.29 is 28.2 Å². The third-order valence-corrected chi connectivity index (χ3v) is 4.94. The van der Waals surface area contributed by atoms with Gasteiger partial charge < -0.3 is 25.5 Å². The van der Waals surface area contributed by atoms with E-state index in [0.717, 1.165) is 11.8 Å². The minimum Gasteiger partial charge on any atom is -0.619 e. The predicted molar refractivity (Wildman–Crippen MR) is 97.0 cm³/mol. The molecule has 0 radical (unpaired) electrons. The highest BCUT2D eigenvalue weighted by Gasteiger charge is 2.49. The van der Waals surface area contributed by atoms with Crippen LogP contribution in [-0.4, -0.2) is 30.2 Å². The number of hydroxylamine groups is 2. The van der Waals surface area contributed by atoms with Crippen LogP contribution >= 0.6 is 11.8 Å². The van der Waals surface area contributed by atoms with Gasteiger partial charge in [-0.15, -0.1) is 0 Å². The summed E-state index contributed by atoms with van der Waals surface area (Å²) in [6.07, 6.45) is 3.02. The van der Waals surface area contributed by atoms with Gasteiger partial charge in [-0.1, -0.05) is 42.1 Å². The van der Waals surface area contributed by atoms with Crippen molar-refractivity contribution in [2.45, 2.75) is 11.1 Å². The molecule has 0 bridgehead atoms. The lowest BCUT2D eigenvalue weighted by Gasteiger charge is -2.39. The van der Waals surface area contributed by atoms with Crippen LogP contribution in [0, 0.1) is 16.8 Å². The molecular formula is C18H18F3NO4S. The van der Waals surface area contributed by atoms with Gasteiger partial charge in [-0.25, -0.2) is 0 Å². The number of allylic oxidation sites excluding steroid dienone is 5. The van der Waals surface area contributed by atoms with Crippen LogP contribution in [0.4, 0.5) is 13.2 Å². The maximum absolute atomic E-state index is 12.9. The van der Waals surface area contributed by atoms with E-state index in [0.29, 0.717) is 0 Å². The van der Waals surface area contributed by atoms with Crippen molar-refractivity contribution in [3.63, 3.8) is 0 Å².